The molecule has 0 aromatic carbocycles. The Labute approximate surface area is 150 Å². The van der Waals surface area contributed by atoms with Crippen LogP contribution in [0.25, 0.3) is 0 Å². The summed E-state index contributed by atoms with van der Waals surface area (Å²) in [5.41, 5.74) is 5.07. The molecule has 1 unspecified atom stereocenters. The molecule has 25 heavy (non-hydrogen) atoms. The van der Waals surface area contributed by atoms with Gasteiger partial charge >= 0.3 is 6.09 Å². The van der Waals surface area contributed by atoms with Gasteiger partial charge in [-0.05, 0) is 20.8 Å². The third kappa shape index (κ3) is 5.71. The first-order valence-electron chi connectivity index (χ1n) is 7.82. The number of rotatable bonds is 4. The fourth-order valence-electron chi connectivity index (χ4n) is 2.24. The van der Waals surface area contributed by atoms with Crippen molar-refractivity contribution in [1.29, 1.82) is 0 Å². The SMILES string of the molecule is CC(C)(C)OC(=O)N1CCOC(CNc2cc(Cl)nnc2C(N)=O)C1. The molecule has 9 nitrogen and oxygen atoms in total. The van der Waals surface area contributed by atoms with Gasteiger partial charge in [-0.1, -0.05) is 11.6 Å². The molecule has 0 radical (unpaired) electrons. The summed E-state index contributed by atoms with van der Waals surface area (Å²) in [4.78, 5) is 25.1. The number of morpholine rings is 1. The van der Waals surface area contributed by atoms with Crippen LogP contribution in [0.2, 0.25) is 5.15 Å². The minimum atomic E-state index is -0.716. The van der Waals surface area contributed by atoms with Crippen molar-refractivity contribution in [3.63, 3.8) is 0 Å². The average molecular weight is 372 g/mol. The molecule has 1 saturated heterocycles. The lowest BCUT2D eigenvalue weighted by atomic mass is 10.2. The van der Waals surface area contributed by atoms with E-state index >= 15 is 0 Å². The minimum Gasteiger partial charge on any atom is -0.444 e. The van der Waals surface area contributed by atoms with Gasteiger partial charge in [-0.3, -0.25) is 4.79 Å². The van der Waals surface area contributed by atoms with E-state index in [2.05, 4.69) is 15.5 Å². The molecule has 10 heteroatoms. The van der Waals surface area contributed by atoms with E-state index in [1.165, 1.54) is 6.07 Å². The number of nitrogens with two attached hydrogens (primary N) is 1. The number of aromatic nitrogens is 2. The number of carbonyl (C=O) groups excluding carboxylic acids is 2. The molecule has 1 fully saturated rings. The molecule has 0 bridgehead atoms. The molecule has 138 valence electrons. The molecule has 1 aromatic heterocycles. The Kier molecular flexibility index (Phi) is 6.02. The van der Waals surface area contributed by atoms with Crippen molar-refractivity contribution in [2.24, 2.45) is 5.73 Å². The highest BCUT2D eigenvalue weighted by atomic mass is 35.5. The van der Waals surface area contributed by atoms with Crippen molar-refractivity contribution in [2.45, 2.75) is 32.5 Å². The second-order valence-corrected chi connectivity index (χ2v) is 6.98. The Morgan fingerprint density at radius 2 is 2.20 bits per heavy atom. The van der Waals surface area contributed by atoms with Crippen LogP contribution in [0.4, 0.5) is 10.5 Å². The van der Waals surface area contributed by atoms with E-state index < -0.39 is 11.5 Å². The van der Waals surface area contributed by atoms with E-state index in [1.807, 2.05) is 20.8 Å². The Hall–Kier alpha value is -2.13. The molecule has 1 aliphatic rings. The fourth-order valence-corrected chi connectivity index (χ4v) is 2.39. The van der Waals surface area contributed by atoms with Crippen molar-refractivity contribution in [3.05, 3.63) is 16.9 Å². The predicted octanol–water partition coefficient (Wildman–Crippen LogP) is 1.28. The number of primary amides is 1. The standard InChI is InChI=1S/C15H22ClN5O4/c1-15(2,3)25-14(23)21-4-5-24-9(8-21)7-18-10-6-11(16)19-20-12(10)13(17)22/h6,9H,4-5,7-8H2,1-3H3,(H2,17,22)(H,18,19). The smallest absolute Gasteiger partial charge is 0.410 e. The van der Waals surface area contributed by atoms with Gasteiger partial charge in [-0.2, -0.15) is 0 Å². The van der Waals surface area contributed by atoms with Crippen LogP contribution in [0.15, 0.2) is 6.07 Å². The lowest BCUT2D eigenvalue weighted by Crippen LogP contribution is -2.49. The molecule has 2 amide bonds. The Bertz CT molecular complexity index is 649. The Balaban J connectivity index is 1.96. The maximum atomic E-state index is 12.2. The highest BCUT2D eigenvalue weighted by Gasteiger charge is 2.28. The number of halogens is 1. The van der Waals surface area contributed by atoms with E-state index in [0.29, 0.717) is 31.9 Å². The third-order valence-electron chi connectivity index (χ3n) is 3.31. The average Bonchev–Trinajstić information content (AvgIpc) is 2.51. The number of hydrogen-bond acceptors (Lipinski definition) is 7. The molecule has 1 aliphatic heterocycles. The topological polar surface area (TPSA) is 120 Å². The van der Waals surface area contributed by atoms with Crippen LogP contribution in [0, 0.1) is 0 Å². The summed E-state index contributed by atoms with van der Waals surface area (Å²) in [6.45, 7) is 6.99. The van der Waals surface area contributed by atoms with Gasteiger partial charge in [0.1, 0.15) is 5.60 Å². The number of anilines is 1. The summed E-state index contributed by atoms with van der Waals surface area (Å²) >= 11 is 5.80. The van der Waals surface area contributed by atoms with Crippen LogP contribution in [-0.2, 0) is 9.47 Å². The first kappa shape index (κ1) is 19.2. The van der Waals surface area contributed by atoms with Gasteiger partial charge < -0.3 is 25.4 Å². The Morgan fingerprint density at radius 1 is 1.48 bits per heavy atom. The largest absolute Gasteiger partial charge is 0.444 e. The summed E-state index contributed by atoms with van der Waals surface area (Å²) < 4.78 is 11.0. The summed E-state index contributed by atoms with van der Waals surface area (Å²) in [6, 6.07) is 1.46. The maximum Gasteiger partial charge on any atom is 0.410 e. The lowest BCUT2D eigenvalue weighted by molar-refractivity contribution is -0.0371. The fraction of sp³-hybridized carbons (Fsp3) is 0.600. The first-order valence-corrected chi connectivity index (χ1v) is 8.20. The van der Waals surface area contributed by atoms with Crippen molar-refractivity contribution >= 4 is 29.3 Å². The van der Waals surface area contributed by atoms with E-state index in [4.69, 9.17) is 26.8 Å². The zero-order valence-corrected chi connectivity index (χ0v) is 15.2. The highest BCUT2D eigenvalue weighted by molar-refractivity contribution is 6.29. The van der Waals surface area contributed by atoms with Gasteiger partial charge in [0.05, 0.1) is 24.9 Å². The van der Waals surface area contributed by atoms with Crippen LogP contribution in [0.1, 0.15) is 31.3 Å². The zero-order valence-electron chi connectivity index (χ0n) is 14.4. The highest BCUT2D eigenvalue weighted by Crippen LogP contribution is 2.17. The van der Waals surface area contributed by atoms with Crippen LogP contribution < -0.4 is 11.1 Å². The number of ether oxygens (including phenoxy) is 2. The maximum absolute atomic E-state index is 12.2. The van der Waals surface area contributed by atoms with Crippen molar-refractivity contribution in [3.8, 4) is 0 Å². The number of hydrogen-bond donors (Lipinski definition) is 2. The van der Waals surface area contributed by atoms with Gasteiger partial charge in [-0.15, -0.1) is 10.2 Å². The van der Waals surface area contributed by atoms with Gasteiger partial charge in [0.15, 0.2) is 10.8 Å². The zero-order chi connectivity index (χ0) is 18.6. The van der Waals surface area contributed by atoms with Gasteiger partial charge in [-0.25, -0.2) is 4.79 Å². The lowest BCUT2D eigenvalue weighted by Gasteiger charge is -2.34. The van der Waals surface area contributed by atoms with Crippen LogP contribution in [-0.4, -0.2) is 65.0 Å². The summed E-state index contributed by atoms with van der Waals surface area (Å²) in [6.07, 6.45) is -0.666. The molecular formula is C15H22ClN5O4. The monoisotopic (exact) mass is 371 g/mol. The van der Waals surface area contributed by atoms with Crippen LogP contribution >= 0.6 is 11.6 Å². The van der Waals surface area contributed by atoms with E-state index in [9.17, 15) is 9.59 Å². The van der Waals surface area contributed by atoms with Crippen molar-refractivity contribution < 1.29 is 19.1 Å². The van der Waals surface area contributed by atoms with Gasteiger partial charge in [0, 0.05) is 19.2 Å². The normalized spacial score (nSPS) is 17.9. The second-order valence-electron chi connectivity index (χ2n) is 6.59. The number of nitrogens with one attached hydrogen (secondary N) is 1. The molecule has 0 saturated carbocycles. The molecule has 2 heterocycles. The molecule has 1 atom stereocenters. The van der Waals surface area contributed by atoms with Gasteiger partial charge in [0.2, 0.25) is 0 Å². The Morgan fingerprint density at radius 3 is 2.84 bits per heavy atom. The molecule has 0 aliphatic carbocycles. The molecule has 2 rings (SSSR count). The number of nitrogens with zero attached hydrogens (tertiary/aromatic N) is 3. The summed E-state index contributed by atoms with van der Waals surface area (Å²) in [5, 5.41) is 10.4. The number of amides is 2. The van der Waals surface area contributed by atoms with Crippen LogP contribution in [0.5, 0.6) is 0 Å². The van der Waals surface area contributed by atoms with Crippen LogP contribution in [0.3, 0.4) is 0 Å². The van der Waals surface area contributed by atoms with E-state index in [0.717, 1.165) is 0 Å². The second kappa shape index (κ2) is 7.83. The van der Waals surface area contributed by atoms with Crippen molar-refractivity contribution in [2.75, 3.05) is 31.6 Å². The van der Waals surface area contributed by atoms with Gasteiger partial charge in [0.25, 0.3) is 5.91 Å². The molecular weight excluding hydrogens is 350 g/mol. The quantitative estimate of drug-likeness (QED) is 0.817. The van der Waals surface area contributed by atoms with E-state index in [1.54, 1.807) is 4.90 Å². The van der Waals surface area contributed by atoms with E-state index in [-0.39, 0.29) is 23.0 Å². The predicted molar refractivity (Wildman–Crippen MR) is 91.6 cm³/mol. The minimum absolute atomic E-state index is 0.00999. The van der Waals surface area contributed by atoms with Crippen molar-refractivity contribution in [1.82, 2.24) is 15.1 Å². The number of carbonyl (C=O) groups is 2. The molecule has 3 N–H and O–H groups in total. The molecule has 1 aromatic rings. The third-order valence-corrected chi connectivity index (χ3v) is 3.49. The first-order chi connectivity index (χ1) is 11.7. The molecule has 0 spiro atoms. The summed E-state index contributed by atoms with van der Waals surface area (Å²) in [5.74, 6) is -0.716. The summed E-state index contributed by atoms with van der Waals surface area (Å²) in [7, 11) is 0.